The maximum absolute atomic E-state index is 12.4. The Labute approximate surface area is 127 Å². The van der Waals surface area contributed by atoms with E-state index in [4.69, 9.17) is 5.26 Å². The summed E-state index contributed by atoms with van der Waals surface area (Å²) >= 11 is 0. The lowest BCUT2D eigenvalue weighted by atomic mass is 10.2. The van der Waals surface area contributed by atoms with Gasteiger partial charge in [-0.2, -0.15) is 5.26 Å². The Balaban J connectivity index is 1.98. The molecule has 3 rings (SSSR count). The van der Waals surface area contributed by atoms with Gasteiger partial charge in [0.15, 0.2) is 0 Å². The number of anilines is 1. The van der Waals surface area contributed by atoms with Crippen molar-refractivity contribution in [1.29, 1.82) is 5.26 Å². The van der Waals surface area contributed by atoms with Crippen LogP contribution in [0.1, 0.15) is 11.4 Å². The van der Waals surface area contributed by atoms with Gasteiger partial charge < -0.3 is 4.98 Å². The fraction of sp³-hybridized carbons (Fsp3) is 0.0667. The van der Waals surface area contributed by atoms with Crippen molar-refractivity contribution in [2.75, 3.05) is 4.72 Å². The van der Waals surface area contributed by atoms with Gasteiger partial charge in [0, 0.05) is 0 Å². The molecule has 0 aliphatic rings. The summed E-state index contributed by atoms with van der Waals surface area (Å²) in [5.74, 6) is 0.722. The van der Waals surface area contributed by atoms with Crippen LogP contribution in [-0.2, 0) is 10.0 Å². The second-order valence-electron chi connectivity index (χ2n) is 4.80. The number of nitriles is 1. The third-order valence-electron chi connectivity index (χ3n) is 3.13. The SMILES string of the molecule is Cc1nc2ccc(S(=O)(=O)Nc3cccc(C#N)c3)cc2[nH]1. The summed E-state index contributed by atoms with van der Waals surface area (Å²) in [5, 5.41) is 8.86. The Morgan fingerprint density at radius 1 is 1.23 bits per heavy atom. The maximum Gasteiger partial charge on any atom is 0.261 e. The van der Waals surface area contributed by atoms with E-state index >= 15 is 0 Å². The summed E-state index contributed by atoms with van der Waals surface area (Å²) in [6, 6.07) is 13.0. The van der Waals surface area contributed by atoms with Gasteiger partial charge >= 0.3 is 0 Å². The topological polar surface area (TPSA) is 98.6 Å². The van der Waals surface area contributed by atoms with E-state index in [0.717, 1.165) is 5.82 Å². The molecule has 0 saturated heterocycles. The van der Waals surface area contributed by atoms with Crippen LogP contribution in [0.2, 0.25) is 0 Å². The summed E-state index contributed by atoms with van der Waals surface area (Å²) in [4.78, 5) is 7.37. The zero-order chi connectivity index (χ0) is 15.7. The van der Waals surface area contributed by atoms with Crippen LogP contribution >= 0.6 is 0 Å². The molecule has 0 fully saturated rings. The second-order valence-corrected chi connectivity index (χ2v) is 6.48. The Kier molecular flexibility index (Phi) is 3.31. The minimum absolute atomic E-state index is 0.131. The van der Waals surface area contributed by atoms with Crippen molar-refractivity contribution >= 4 is 26.7 Å². The van der Waals surface area contributed by atoms with Crippen LogP contribution in [0, 0.1) is 18.3 Å². The van der Waals surface area contributed by atoms with E-state index in [1.807, 2.05) is 6.07 Å². The molecule has 2 aromatic carbocycles. The quantitative estimate of drug-likeness (QED) is 0.776. The highest BCUT2D eigenvalue weighted by atomic mass is 32.2. The van der Waals surface area contributed by atoms with Crippen molar-refractivity contribution in [3.8, 4) is 6.07 Å². The fourth-order valence-corrected chi connectivity index (χ4v) is 3.23. The minimum atomic E-state index is -3.73. The molecule has 0 radical (unpaired) electrons. The number of aryl methyl sites for hydroxylation is 1. The minimum Gasteiger partial charge on any atom is -0.342 e. The molecule has 2 N–H and O–H groups in total. The summed E-state index contributed by atoms with van der Waals surface area (Å²) in [6.45, 7) is 1.81. The van der Waals surface area contributed by atoms with E-state index in [9.17, 15) is 8.42 Å². The van der Waals surface area contributed by atoms with Crippen LogP contribution in [0.3, 0.4) is 0 Å². The number of fused-ring (bicyclic) bond motifs is 1. The van der Waals surface area contributed by atoms with E-state index < -0.39 is 10.0 Å². The van der Waals surface area contributed by atoms with Crippen molar-refractivity contribution in [3.63, 3.8) is 0 Å². The number of nitrogens with one attached hydrogen (secondary N) is 2. The molecule has 0 bridgehead atoms. The summed E-state index contributed by atoms with van der Waals surface area (Å²) in [6.07, 6.45) is 0. The third kappa shape index (κ3) is 2.64. The van der Waals surface area contributed by atoms with E-state index in [1.165, 1.54) is 18.2 Å². The number of hydrogen-bond acceptors (Lipinski definition) is 4. The van der Waals surface area contributed by atoms with Crippen molar-refractivity contribution in [1.82, 2.24) is 9.97 Å². The Morgan fingerprint density at radius 3 is 2.82 bits per heavy atom. The molecule has 0 spiro atoms. The zero-order valence-corrected chi connectivity index (χ0v) is 12.5. The molecule has 0 unspecified atom stereocenters. The van der Waals surface area contributed by atoms with Crippen LogP contribution in [0.25, 0.3) is 11.0 Å². The van der Waals surface area contributed by atoms with E-state index in [1.54, 1.807) is 31.2 Å². The van der Waals surface area contributed by atoms with Crippen LogP contribution in [0.15, 0.2) is 47.4 Å². The lowest BCUT2D eigenvalue weighted by Crippen LogP contribution is -2.12. The highest BCUT2D eigenvalue weighted by molar-refractivity contribution is 7.92. The zero-order valence-electron chi connectivity index (χ0n) is 11.7. The highest BCUT2D eigenvalue weighted by Gasteiger charge is 2.15. The molecule has 110 valence electrons. The Morgan fingerprint density at radius 2 is 2.05 bits per heavy atom. The Bertz CT molecular complexity index is 1000. The van der Waals surface area contributed by atoms with Crippen molar-refractivity contribution < 1.29 is 8.42 Å². The first-order valence-electron chi connectivity index (χ1n) is 6.47. The van der Waals surface area contributed by atoms with Crippen LogP contribution in [0.4, 0.5) is 5.69 Å². The van der Waals surface area contributed by atoms with Crippen LogP contribution < -0.4 is 4.72 Å². The molecular weight excluding hydrogens is 300 g/mol. The molecular formula is C15H12N4O2S. The normalized spacial score (nSPS) is 11.3. The van der Waals surface area contributed by atoms with Gasteiger partial charge in [-0.25, -0.2) is 13.4 Å². The number of H-pyrrole nitrogens is 1. The molecule has 0 aliphatic heterocycles. The molecule has 22 heavy (non-hydrogen) atoms. The van der Waals surface area contributed by atoms with Gasteiger partial charge in [0.1, 0.15) is 5.82 Å². The first kappa shape index (κ1) is 14.1. The summed E-state index contributed by atoms with van der Waals surface area (Å²) in [7, 11) is -3.73. The predicted octanol–water partition coefficient (Wildman–Crippen LogP) is 2.54. The van der Waals surface area contributed by atoms with E-state index in [-0.39, 0.29) is 4.90 Å². The second kappa shape index (κ2) is 5.16. The molecule has 1 heterocycles. The number of hydrogen-bond donors (Lipinski definition) is 2. The van der Waals surface area contributed by atoms with Gasteiger partial charge in [0.25, 0.3) is 10.0 Å². The molecule has 1 aromatic heterocycles. The Hall–Kier alpha value is -2.85. The molecule has 6 nitrogen and oxygen atoms in total. The van der Waals surface area contributed by atoms with Gasteiger partial charge in [-0.15, -0.1) is 0 Å². The predicted molar refractivity (Wildman–Crippen MR) is 82.8 cm³/mol. The van der Waals surface area contributed by atoms with Gasteiger partial charge in [-0.3, -0.25) is 4.72 Å². The van der Waals surface area contributed by atoms with Crippen LogP contribution in [-0.4, -0.2) is 18.4 Å². The number of sulfonamides is 1. The third-order valence-corrected chi connectivity index (χ3v) is 4.50. The van der Waals surface area contributed by atoms with E-state index in [0.29, 0.717) is 22.3 Å². The first-order chi connectivity index (χ1) is 10.5. The van der Waals surface area contributed by atoms with Crippen molar-refractivity contribution in [2.45, 2.75) is 11.8 Å². The van der Waals surface area contributed by atoms with Gasteiger partial charge in [-0.05, 0) is 43.3 Å². The largest absolute Gasteiger partial charge is 0.342 e. The maximum atomic E-state index is 12.4. The number of aromatic nitrogens is 2. The van der Waals surface area contributed by atoms with Gasteiger partial charge in [-0.1, -0.05) is 6.07 Å². The number of imidazole rings is 1. The highest BCUT2D eigenvalue weighted by Crippen LogP contribution is 2.20. The molecule has 0 amide bonds. The van der Waals surface area contributed by atoms with Crippen LogP contribution in [0.5, 0.6) is 0 Å². The summed E-state index contributed by atoms with van der Waals surface area (Å²) in [5.41, 5.74) is 2.11. The van der Waals surface area contributed by atoms with Gasteiger partial charge in [0.05, 0.1) is 33.2 Å². The monoisotopic (exact) mass is 312 g/mol. The van der Waals surface area contributed by atoms with Gasteiger partial charge in [0.2, 0.25) is 0 Å². The fourth-order valence-electron chi connectivity index (χ4n) is 2.15. The number of nitrogens with zero attached hydrogens (tertiary/aromatic N) is 2. The lowest BCUT2D eigenvalue weighted by molar-refractivity contribution is 0.601. The summed E-state index contributed by atoms with van der Waals surface area (Å²) < 4.78 is 27.3. The number of benzene rings is 2. The molecule has 0 atom stereocenters. The molecule has 0 aliphatic carbocycles. The molecule has 3 aromatic rings. The molecule has 7 heteroatoms. The first-order valence-corrected chi connectivity index (χ1v) is 7.95. The van der Waals surface area contributed by atoms with Crippen molar-refractivity contribution in [3.05, 3.63) is 53.9 Å². The average molecular weight is 312 g/mol. The smallest absolute Gasteiger partial charge is 0.261 e. The molecule has 0 saturated carbocycles. The average Bonchev–Trinajstić information content (AvgIpc) is 2.86. The van der Waals surface area contributed by atoms with Crippen molar-refractivity contribution in [2.24, 2.45) is 0 Å². The number of rotatable bonds is 3. The standard InChI is InChI=1S/C15H12N4O2S/c1-10-17-14-6-5-13(8-15(14)18-10)22(20,21)19-12-4-2-3-11(7-12)9-16/h2-8,19H,1H3,(H,17,18). The van der Waals surface area contributed by atoms with E-state index in [2.05, 4.69) is 14.7 Å². The lowest BCUT2D eigenvalue weighted by Gasteiger charge is -2.08. The number of aromatic amines is 1.